The van der Waals surface area contributed by atoms with Crippen molar-refractivity contribution in [2.24, 2.45) is 0 Å². The van der Waals surface area contributed by atoms with Gasteiger partial charge in [0.15, 0.2) is 0 Å². The van der Waals surface area contributed by atoms with E-state index in [1.54, 1.807) is 6.07 Å². The summed E-state index contributed by atoms with van der Waals surface area (Å²) in [5, 5.41) is 5.77. The standard InChI is InChI=1S/C20H20N4O2/c1-11(2)19-22-15-8-7-12(9-17(15)23-19)21-18(25)10-16-13-5-3-4-6-14(13)20(26)24-16/h3-9,11,16H,10H2,1-2H3,(H,21,25)(H,22,23)(H,24,26)/t16-/m1/s1. The van der Waals surface area contributed by atoms with E-state index in [-0.39, 0.29) is 24.3 Å². The predicted octanol–water partition coefficient (Wildman–Crippen LogP) is 3.50. The minimum absolute atomic E-state index is 0.126. The van der Waals surface area contributed by atoms with Crippen molar-refractivity contribution in [2.45, 2.75) is 32.2 Å². The van der Waals surface area contributed by atoms with Gasteiger partial charge in [-0.25, -0.2) is 4.98 Å². The number of nitrogens with one attached hydrogen (secondary N) is 3. The maximum absolute atomic E-state index is 12.4. The van der Waals surface area contributed by atoms with Crippen LogP contribution in [0.25, 0.3) is 11.0 Å². The Morgan fingerprint density at radius 3 is 2.85 bits per heavy atom. The summed E-state index contributed by atoms with van der Waals surface area (Å²) in [5.41, 5.74) is 4.00. The van der Waals surface area contributed by atoms with Crippen molar-refractivity contribution in [3.63, 3.8) is 0 Å². The van der Waals surface area contributed by atoms with Crippen LogP contribution in [-0.2, 0) is 4.79 Å². The Labute approximate surface area is 151 Å². The number of H-pyrrole nitrogens is 1. The molecule has 0 radical (unpaired) electrons. The van der Waals surface area contributed by atoms with E-state index in [2.05, 4.69) is 34.4 Å². The minimum atomic E-state index is -0.290. The van der Waals surface area contributed by atoms with Crippen LogP contribution in [-0.4, -0.2) is 21.8 Å². The van der Waals surface area contributed by atoms with E-state index in [0.717, 1.165) is 22.4 Å². The Balaban J connectivity index is 1.48. The largest absolute Gasteiger partial charge is 0.345 e. The second-order valence-electron chi connectivity index (χ2n) is 6.87. The van der Waals surface area contributed by atoms with Crippen molar-refractivity contribution in [1.29, 1.82) is 0 Å². The lowest BCUT2D eigenvalue weighted by Gasteiger charge is -2.12. The Bertz CT molecular complexity index is 1010. The van der Waals surface area contributed by atoms with Crippen LogP contribution in [0.5, 0.6) is 0 Å². The summed E-state index contributed by atoms with van der Waals surface area (Å²) < 4.78 is 0. The molecule has 3 aromatic rings. The average Bonchev–Trinajstić information content (AvgIpc) is 3.17. The Kier molecular flexibility index (Phi) is 3.95. The highest BCUT2D eigenvalue weighted by Crippen LogP contribution is 2.28. The van der Waals surface area contributed by atoms with Crippen LogP contribution >= 0.6 is 0 Å². The van der Waals surface area contributed by atoms with Gasteiger partial charge in [0.25, 0.3) is 5.91 Å². The van der Waals surface area contributed by atoms with Crippen molar-refractivity contribution >= 4 is 28.5 Å². The fourth-order valence-corrected chi connectivity index (χ4v) is 3.26. The molecule has 1 aromatic heterocycles. The number of carbonyl (C=O) groups excluding carboxylic acids is 2. The zero-order valence-electron chi connectivity index (χ0n) is 14.7. The van der Waals surface area contributed by atoms with Gasteiger partial charge in [-0.2, -0.15) is 0 Å². The molecule has 6 nitrogen and oxygen atoms in total. The molecular formula is C20H20N4O2. The highest BCUT2D eigenvalue weighted by Gasteiger charge is 2.29. The maximum Gasteiger partial charge on any atom is 0.252 e. The van der Waals surface area contributed by atoms with Gasteiger partial charge >= 0.3 is 0 Å². The number of amides is 2. The van der Waals surface area contributed by atoms with Gasteiger partial charge in [-0.3, -0.25) is 9.59 Å². The van der Waals surface area contributed by atoms with Gasteiger partial charge < -0.3 is 15.6 Å². The number of anilines is 1. The quantitative estimate of drug-likeness (QED) is 0.674. The molecule has 26 heavy (non-hydrogen) atoms. The number of imidazole rings is 1. The summed E-state index contributed by atoms with van der Waals surface area (Å²) in [7, 11) is 0. The number of benzene rings is 2. The van der Waals surface area contributed by atoms with Crippen molar-refractivity contribution in [3.05, 3.63) is 59.4 Å². The highest BCUT2D eigenvalue weighted by molar-refractivity contribution is 6.00. The highest BCUT2D eigenvalue weighted by atomic mass is 16.2. The van der Waals surface area contributed by atoms with Gasteiger partial charge in [0, 0.05) is 17.2 Å². The lowest BCUT2D eigenvalue weighted by atomic mass is 10.0. The third-order valence-electron chi connectivity index (χ3n) is 4.61. The van der Waals surface area contributed by atoms with Crippen LogP contribution < -0.4 is 10.6 Å². The second-order valence-corrected chi connectivity index (χ2v) is 6.87. The fraction of sp³-hybridized carbons (Fsp3) is 0.250. The molecule has 1 aliphatic rings. The molecule has 0 bridgehead atoms. The average molecular weight is 348 g/mol. The number of fused-ring (bicyclic) bond motifs is 2. The van der Waals surface area contributed by atoms with E-state index in [4.69, 9.17) is 0 Å². The zero-order valence-corrected chi connectivity index (χ0v) is 14.7. The van der Waals surface area contributed by atoms with Crippen LogP contribution in [0.3, 0.4) is 0 Å². The van der Waals surface area contributed by atoms with Gasteiger partial charge in [-0.05, 0) is 29.8 Å². The number of aromatic nitrogens is 2. The predicted molar refractivity (Wildman–Crippen MR) is 100 cm³/mol. The third kappa shape index (κ3) is 2.94. The number of aromatic amines is 1. The van der Waals surface area contributed by atoms with Crippen molar-refractivity contribution in [3.8, 4) is 0 Å². The smallest absolute Gasteiger partial charge is 0.252 e. The summed E-state index contributed by atoms with van der Waals surface area (Å²) in [4.78, 5) is 32.2. The van der Waals surface area contributed by atoms with E-state index in [1.807, 2.05) is 36.4 Å². The van der Waals surface area contributed by atoms with Gasteiger partial charge in [-0.1, -0.05) is 32.0 Å². The second kappa shape index (κ2) is 6.29. The number of hydrogen-bond donors (Lipinski definition) is 3. The molecule has 0 spiro atoms. The van der Waals surface area contributed by atoms with Crippen molar-refractivity contribution < 1.29 is 9.59 Å². The molecule has 4 rings (SSSR count). The molecule has 3 N–H and O–H groups in total. The number of carbonyl (C=O) groups is 2. The van der Waals surface area contributed by atoms with Gasteiger partial charge in [0.1, 0.15) is 5.82 Å². The molecule has 1 atom stereocenters. The molecule has 2 heterocycles. The Morgan fingerprint density at radius 2 is 2.04 bits per heavy atom. The minimum Gasteiger partial charge on any atom is -0.345 e. The van der Waals surface area contributed by atoms with Crippen LogP contribution in [0.2, 0.25) is 0 Å². The molecular weight excluding hydrogens is 328 g/mol. The lowest BCUT2D eigenvalue weighted by molar-refractivity contribution is -0.116. The molecule has 6 heteroatoms. The first-order valence-electron chi connectivity index (χ1n) is 8.70. The molecule has 1 aliphatic heterocycles. The molecule has 0 saturated carbocycles. The van der Waals surface area contributed by atoms with Gasteiger partial charge in [-0.15, -0.1) is 0 Å². The van der Waals surface area contributed by atoms with E-state index in [9.17, 15) is 9.59 Å². The zero-order chi connectivity index (χ0) is 18.3. The lowest BCUT2D eigenvalue weighted by Crippen LogP contribution is -2.24. The van der Waals surface area contributed by atoms with Crippen LogP contribution in [0.4, 0.5) is 5.69 Å². The summed E-state index contributed by atoms with van der Waals surface area (Å²) in [6.07, 6.45) is 0.195. The van der Waals surface area contributed by atoms with Crippen LogP contribution in [0.15, 0.2) is 42.5 Å². The van der Waals surface area contributed by atoms with Crippen LogP contribution in [0, 0.1) is 0 Å². The van der Waals surface area contributed by atoms with E-state index < -0.39 is 0 Å². The third-order valence-corrected chi connectivity index (χ3v) is 4.61. The fourth-order valence-electron chi connectivity index (χ4n) is 3.26. The summed E-state index contributed by atoms with van der Waals surface area (Å²) >= 11 is 0. The maximum atomic E-state index is 12.4. The summed E-state index contributed by atoms with van der Waals surface area (Å²) in [6, 6.07) is 12.7. The Hall–Kier alpha value is -3.15. The monoisotopic (exact) mass is 348 g/mol. The molecule has 0 unspecified atom stereocenters. The van der Waals surface area contributed by atoms with Crippen molar-refractivity contribution in [1.82, 2.24) is 15.3 Å². The number of hydrogen-bond acceptors (Lipinski definition) is 3. The SMILES string of the molecule is CC(C)c1nc2ccc(NC(=O)C[C@H]3NC(=O)c4ccccc43)cc2[nH]1. The molecule has 0 saturated heterocycles. The van der Waals surface area contributed by atoms with E-state index >= 15 is 0 Å². The molecule has 2 aromatic carbocycles. The molecule has 2 amide bonds. The first kappa shape index (κ1) is 16.3. The van der Waals surface area contributed by atoms with E-state index in [0.29, 0.717) is 17.2 Å². The summed E-state index contributed by atoms with van der Waals surface area (Å²) in [6.45, 7) is 4.16. The topological polar surface area (TPSA) is 86.9 Å². The van der Waals surface area contributed by atoms with Gasteiger partial charge in [0.2, 0.25) is 5.91 Å². The van der Waals surface area contributed by atoms with E-state index in [1.165, 1.54) is 0 Å². The van der Waals surface area contributed by atoms with Gasteiger partial charge in [0.05, 0.1) is 23.5 Å². The first-order valence-corrected chi connectivity index (χ1v) is 8.70. The molecule has 132 valence electrons. The molecule has 0 aliphatic carbocycles. The Morgan fingerprint density at radius 1 is 1.23 bits per heavy atom. The normalized spacial score (nSPS) is 16.0. The van der Waals surface area contributed by atoms with Crippen molar-refractivity contribution in [2.75, 3.05) is 5.32 Å². The first-order chi connectivity index (χ1) is 12.5. The molecule has 0 fully saturated rings. The summed E-state index contributed by atoms with van der Waals surface area (Å²) in [5.74, 6) is 0.966. The number of rotatable bonds is 4. The van der Waals surface area contributed by atoms with Crippen LogP contribution in [0.1, 0.15) is 54.0 Å². The number of nitrogens with zero attached hydrogens (tertiary/aromatic N) is 1.